The van der Waals surface area contributed by atoms with Crippen LogP contribution < -0.4 is 16.4 Å². The lowest BCUT2D eigenvalue weighted by Gasteiger charge is -2.32. The fourth-order valence-corrected chi connectivity index (χ4v) is 6.65. The summed E-state index contributed by atoms with van der Waals surface area (Å²) < 4.78 is 11.8. The Hall–Kier alpha value is -4.33. The number of carbonyl (C=O) groups excluding carboxylic acids is 3. The number of aromatic nitrogens is 2. The van der Waals surface area contributed by atoms with Gasteiger partial charge in [-0.1, -0.05) is 88.4 Å². The Morgan fingerprint density at radius 1 is 0.920 bits per heavy atom. The monoisotopic (exact) mass is 720 g/mol. The summed E-state index contributed by atoms with van der Waals surface area (Å²) in [6.45, 7) is 8.18. The summed E-state index contributed by atoms with van der Waals surface area (Å²) in [7, 11) is 1.66. The van der Waals surface area contributed by atoms with Gasteiger partial charge in [0.25, 0.3) is 0 Å². The van der Waals surface area contributed by atoms with Crippen LogP contribution in [0.1, 0.15) is 66.7 Å². The summed E-state index contributed by atoms with van der Waals surface area (Å²) in [5, 5.41) is 8.77. The summed E-state index contributed by atoms with van der Waals surface area (Å²) >= 11 is 2.94. The Labute approximate surface area is 302 Å². The predicted molar refractivity (Wildman–Crippen MR) is 197 cm³/mol. The van der Waals surface area contributed by atoms with E-state index in [1.54, 1.807) is 30.1 Å². The van der Waals surface area contributed by atoms with E-state index in [4.69, 9.17) is 15.2 Å². The number of alkyl carbamates (subject to hydrolysis) is 1. The van der Waals surface area contributed by atoms with Crippen LogP contribution in [0.5, 0.6) is 0 Å². The second-order valence-electron chi connectivity index (χ2n) is 13.0. The van der Waals surface area contributed by atoms with Crippen LogP contribution >= 0.6 is 22.7 Å². The first-order valence-electron chi connectivity index (χ1n) is 16.8. The number of nitrogens with zero attached hydrogens (tertiary/aromatic N) is 3. The average molecular weight is 721 g/mol. The topological polar surface area (TPSA) is 149 Å². The number of hydrogen-bond donors (Lipinski definition) is 3. The summed E-state index contributed by atoms with van der Waals surface area (Å²) in [6.07, 6.45) is 1.26. The van der Waals surface area contributed by atoms with Crippen molar-refractivity contribution in [1.29, 1.82) is 0 Å². The molecule has 4 aromatic rings. The Kier molecular flexibility index (Phi) is 14.7. The van der Waals surface area contributed by atoms with Gasteiger partial charge in [-0.15, -0.1) is 22.7 Å². The number of nitrogens with one attached hydrogen (secondary N) is 2. The van der Waals surface area contributed by atoms with Crippen molar-refractivity contribution in [1.82, 2.24) is 25.5 Å². The van der Waals surface area contributed by atoms with Crippen molar-refractivity contribution in [3.05, 3.63) is 104 Å². The molecular weight excluding hydrogens is 673 g/mol. The van der Waals surface area contributed by atoms with Gasteiger partial charge in [0.05, 0.1) is 33.7 Å². The molecule has 0 aliphatic rings. The molecule has 2 aromatic heterocycles. The number of amides is 3. The van der Waals surface area contributed by atoms with E-state index in [0.717, 1.165) is 26.7 Å². The van der Waals surface area contributed by atoms with Gasteiger partial charge in [0, 0.05) is 37.0 Å². The van der Waals surface area contributed by atoms with Crippen LogP contribution in [0, 0.1) is 5.92 Å². The van der Waals surface area contributed by atoms with Crippen molar-refractivity contribution in [2.45, 2.75) is 90.3 Å². The molecule has 4 rings (SSSR count). The van der Waals surface area contributed by atoms with Gasteiger partial charge in [0.2, 0.25) is 0 Å². The summed E-state index contributed by atoms with van der Waals surface area (Å²) in [4.78, 5) is 51.5. The van der Waals surface area contributed by atoms with Gasteiger partial charge in [-0.2, -0.15) is 0 Å². The molecule has 13 heteroatoms. The number of carbonyl (C=O) groups is 3. The van der Waals surface area contributed by atoms with Crippen LogP contribution in [-0.4, -0.2) is 64.2 Å². The SMILES string of the molecule is CC(C)c1nc(CN(C)C(=O)NC(C(=O)OC(CC(N)Cc2ccccc2)C(Cc2ccccc2)NC(=O)OCc2cncs2)C(C)C)cs1. The number of rotatable bonds is 17. The minimum atomic E-state index is -0.963. The van der Waals surface area contributed by atoms with E-state index in [9.17, 15) is 14.4 Å². The van der Waals surface area contributed by atoms with Crippen molar-refractivity contribution in [2.75, 3.05) is 7.05 Å². The molecule has 0 fully saturated rings. The van der Waals surface area contributed by atoms with E-state index in [-0.39, 0.29) is 18.9 Å². The molecule has 4 N–H and O–H groups in total. The van der Waals surface area contributed by atoms with Crippen LogP contribution in [0.4, 0.5) is 9.59 Å². The molecule has 4 atom stereocenters. The number of hydrogen-bond acceptors (Lipinski definition) is 10. The lowest BCUT2D eigenvalue weighted by atomic mass is 9.93. The Morgan fingerprint density at radius 3 is 2.16 bits per heavy atom. The number of esters is 1. The molecule has 4 unspecified atom stereocenters. The second kappa shape index (κ2) is 19.2. The molecule has 50 heavy (non-hydrogen) atoms. The fourth-order valence-electron chi connectivity index (χ4n) is 5.32. The first-order valence-corrected chi connectivity index (χ1v) is 18.5. The molecule has 3 amide bonds. The van der Waals surface area contributed by atoms with Crippen molar-refractivity contribution in [3.8, 4) is 0 Å². The standard InChI is InChI=1S/C37H48N6O5S2/c1-24(2)33(42-36(45)43(5)20-29-22-49-34(40-29)25(3)4)35(44)48-32(18-28(38)16-26-12-8-6-9-13-26)31(17-27-14-10-7-11-15-27)41-37(46)47-21-30-19-39-23-50-30/h6-15,19,22-25,28,31-33H,16-18,20-21,38H2,1-5H3,(H,41,46)(H,42,45). The van der Waals surface area contributed by atoms with E-state index < -0.39 is 42.3 Å². The zero-order chi connectivity index (χ0) is 36.0. The van der Waals surface area contributed by atoms with Crippen molar-refractivity contribution in [3.63, 3.8) is 0 Å². The molecule has 0 aliphatic heterocycles. The Bertz CT molecular complexity index is 1620. The average Bonchev–Trinajstić information content (AvgIpc) is 3.79. The van der Waals surface area contributed by atoms with Gasteiger partial charge in [-0.25, -0.2) is 19.4 Å². The van der Waals surface area contributed by atoms with E-state index in [0.29, 0.717) is 25.3 Å². The summed E-state index contributed by atoms with van der Waals surface area (Å²) in [6, 6.07) is 16.9. The van der Waals surface area contributed by atoms with Gasteiger partial charge in [0.1, 0.15) is 18.8 Å². The molecule has 2 aromatic carbocycles. The third-order valence-electron chi connectivity index (χ3n) is 8.03. The van der Waals surface area contributed by atoms with Gasteiger partial charge in [0.15, 0.2) is 0 Å². The number of nitrogens with two attached hydrogens (primary N) is 1. The first kappa shape index (κ1) is 38.5. The molecule has 0 bridgehead atoms. The van der Waals surface area contributed by atoms with Crippen LogP contribution in [0.25, 0.3) is 0 Å². The highest BCUT2D eigenvalue weighted by Gasteiger charge is 2.34. The molecule has 11 nitrogen and oxygen atoms in total. The van der Waals surface area contributed by atoms with Gasteiger partial charge < -0.3 is 30.7 Å². The maximum atomic E-state index is 14.0. The highest BCUT2D eigenvalue weighted by atomic mass is 32.1. The zero-order valence-corrected chi connectivity index (χ0v) is 30.9. The largest absolute Gasteiger partial charge is 0.459 e. The quantitative estimate of drug-likeness (QED) is 0.108. The minimum absolute atomic E-state index is 0.0567. The number of ether oxygens (including phenoxy) is 2. The molecule has 0 saturated heterocycles. The molecule has 268 valence electrons. The maximum Gasteiger partial charge on any atom is 0.407 e. The smallest absolute Gasteiger partial charge is 0.407 e. The summed E-state index contributed by atoms with van der Waals surface area (Å²) in [5.74, 6) is -0.621. The number of benzene rings is 2. The lowest BCUT2D eigenvalue weighted by Crippen LogP contribution is -2.53. The third-order valence-corrected chi connectivity index (χ3v) is 9.98. The predicted octanol–water partition coefficient (Wildman–Crippen LogP) is 6.30. The molecule has 0 aliphatic carbocycles. The van der Waals surface area contributed by atoms with Crippen molar-refractivity contribution in [2.24, 2.45) is 11.7 Å². The normalized spacial score (nSPS) is 13.7. The van der Waals surface area contributed by atoms with Crippen LogP contribution in [-0.2, 0) is 40.3 Å². The second-order valence-corrected chi connectivity index (χ2v) is 14.9. The molecule has 0 radical (unpaired) electrons. The van der Waals surface area contributed by atoms with Crippen LogP contribution in [0.15, 0.2) is 77.8 Å². The number of urea groups is 1. The van der Waals surface area contributed by atoms with E-state index in [1.165, 1.54) is 16.2 Å². The molecule has 0 saturated carbocycles. The van der Waals surface area contributed by atoms with Crippen LogP contribution in [0.2, 0.25) is 0 Å². The zero-order valence-electron chi connectivity index (χ0n) is 29.3. The Morgan fingerprint density at radius 2 is 1.58 bits per heavy atom. The molecular formula is C37H48N6O5S2. The van der Waals surface area contributed by atoms with E-state index in [1.807, 2.05) is 79.9 Å². The van der Waals surface area contributed by atoms with E-state index in [2.05, 4.69) is 34.4 Å². The lowest BCUT2D eigenvalue weighted by molar-refractivity contribution is -0.154. The maximum absolute atomic E-state index is 14.0. The molecule has 2 heterocycles. The van der Waals surface area contributed by atoms with Gasteiger partial charge in [-0.05, 0) is 29.9 Å². The minimum Gasteiger partial charge on any atom is -0.459 e. The highest BCUT2D eigenvalue weighted by Crippen LogP contribution is 2.21. The third kappa shape index (κ3) is 12.2. The van der Waals surface area contributed by atoms with Crippen molar-refractivity contribution < 1.29 is 23.9 Å². The number of thiazole rings is 2. The molecule has 0 spiro atoms. The first-order chi connectivity index (χ1) is 24.0. The Balaban J connectivity index is 1.54. The van der Waals surface area contributed by atoms with Gasteiger partial charge >= 0.3 is 18.1 Å². The van der Waals surface area contributed by atoms with Crippen LogP contribution in [0.3, 0.4) is 0 Å². The summed E-state index contributed by atoms with van der Waals surface area (Å²) in [5.41, 5.74) is 11.1. The van der Waals surface area contributed by atoms with E-state index >= 15 is 0 Å². The van der Waals surface area contributed by atoms with Gasteiger partial charge in [-0.3, -0.25) is 4.98 Å². The van der Waals surface area contributed by atoms with Crippen molar-refractivity contribution >= 4 is 40.8 Å². The highest BCUT2D eigenvalue weighted by molar-refractivity contribution is 7.09. The fraction of sp³-hybridized carbons (Fsp3) is 0.432.